The minimum Gasteiger partial charge on any atom is -0.497 e. The highest BCUT2D eigenvalue weighted by molar-refractivity contribution is 5.90. The number of fused-ring (bicyclic) bond motifs is 1. The summed E-state index contributed by atoms with van der Waals surface area (Å²) in [5.41, 5.74) is 3.09. The molecule has 0 fully saturated rings. The fourth-order valence-electron chi connectivity index (χ4n) is 3.72. The van der Waals surface area contributed by atoms with E-state index in [9.17, 15) is 9.90 Å². The van der Waals surface area contributed by atoms with Crippen LogP contribution in [0.25, 0.3) is 10.9 Å². The summed E-state index contributed by atoms with van der Waals surface area (Å²) >= 11 is 0. The van der Waals surface area contributed by atoms with Gasteiger partial charge in [0.1, 0.15) is 5.75 Å². The lowest BCUT2D eigenvalue weighted by Crippen LogP contribution is -2.04. The van der Waals surface area contributed by atoms with Crippen molar-refractivity contribution in [3.8, 4) is 5.75 Å². The van der Waals surface area contributed by atoms with E-state index in [1.165, 1.54) is 44.9 Å². The fourth-order valence-corrected chi connectivity index (χ4v) is 3.72. The molecule has 26 heavy (non-hydrogen) atoms. The van der Waals surface area contributed by atoms with Crippen LogP contribution in [0, 0.1) is 6.92 Å². The van der Waals surface area contributed by atoms with Gasteiger partial charge in [0.15, 0.2) is 0 Å². The van der Waals surface area contributed by atoms with Gasteiger partial charge in [-0.3, -0.25) is 4.79 Å². The Balaban J connectivity index is 2.04. The molecule has 0 aliphatic rings. The van der Waals surface area contributed by atoms with Crippen molar-refractivity contribution in [1.29, 1.82) is 0 Å². The fraction of sp³-hybridized carbons (Fsp3) is 0.591. The third-order valence-electron chi connectivity index (χ3n) is 5.22. The quantitative estimate of drug-likeness (QED) is 0.493. The standard InChI is InChI=1S/C22H33NO3/c1-4-5-6-7-8-9-10-11-14-23-17(2)19(16-22(24)25)20-15-18(26-3)12-13-21(20)23/h12-13,15H,4-11,14,16H2,1-3H3,(H,24,25). The molecule has 1 heterocycles. The number of aryl methyl sites for hydroxylation is 1. The monoisotopic (exact) mass is 359 g/mol. The van der Waals surface area contributed by atoms with Crippen LogP contribution < -0.4 is 4.74 Å². The zero-order chi connectivity index (χ0) is 18.9. The molecule has 2 aromatic rings. The Hall–Kier alpha value is -1.97. The van der Waals surface area contributed by atoms with E-state index in [1.807, 2.05) is 19.1 Å². The van der Waals surface area contributed by atoms with Crippen LogP contribution in [0.1, 0.15) is 69.5 Å². The summed E-state index contributed by atoms with van der Waals surface area (Å²) in [6.07, 6.45) is 10.4. The zero-order valence-corrected chi connectivity index (χ0v) is 16.5. The molecule has 2 rings (SSSR count). The molecule has 0 amide bonds. The van der Waals surface area contributed by atoms with Gasteiger partial charge in [0.2, 0.25) is 0 Å². The van der Waals surface area contributed by atoms with Crippen molar-refractivity contribution in [3.05, 3.63) is 29.5 Å². The van der Waals surface area contributed by atoms with E-state index in [4.69, 9.17) is 4.74 Å². The molecule has 1 aromatic carbocycles. The molecule has 0 aliphatic heterocycles. The second-order valence-corrected chi connectivity index (χ2v) is 7.14. The average Bonchev–Trinajstić information content (AvgIpc) is 2.88. The first kappa shape index (κ1) is 20.3. The molecular weight excluding hydrogens is 326 g/mol. The zero-order valence-electron chi connectivity index (χ0n) is 16.5. The highest BCUT2D eigenvalue weighted by Crippen LogP contribution is 2.30. The van der Waals surface area contributed by atoms with Crippen LogP contribution in [-0.4, -0.2) is 22.8 Å². The summed E-state index contributed by atoms with van der Waals surface area (Å²) in [6, 6.07) is 5.97. The van der Waals surface area contributed by atoms with Crippen LogP contribution in [0.5, 0.6) is 5.75 Å². The predicted molar refractivity (Wildman–Crippen MR) is 107 cm³/mol. The number of methoxy groups -OCH3 is 1. The second-order valence-electron chi connectivity index (χ2n) is 7.14. The van der Waals surface area contributed by atoms with E-state index in [0.29, 0.717) is 0 Å². The summed E-state index contributed by atoms with van der Waals surface area (Å²) < 4.78 is 7.61. The Morgan fingerprint density at radius 3 is 2.35 bits per heavy atom. The maximum atomic E-state index is 11.3. The van der Waals surface area contributed by atoms with Crippen molar-refractivity contribution >= 4 is 16.9 Å². The molecule has 0 atom stereocenters. The van der Waals surface area contributed by atoms with Gasteiger partial charge < -0.3 is 14.4 Å². The Morgan fingerprint density at radius 2 is 1.73 bits per heavy atom. The van der Waals surface area contributed by atoms with E-state index in [1.54, 1.807) is 7.11 Å². The van der Waals surface area contributed by atoms with E-state index in [-0.39, 0.29) is 6.42 Å². The van der Waals surface area contributed by atoms with Crippen LogP contribution in [0.15, 0.2) is 18.2 Å². The van der Waals surface area contributed by atoms with Gasteiger partial charge in [0.25, 0.3) is 0 Å². The number of aromatic nitrogens is 1. The number of carbonyl (C=O) groups is 1. The number of unbranched alkanes of at least 4 members (excludes halogenated alkanes) is 7. The van der Waals surface area contributed by atoms with E-state index in [0.717, 1.165) is 40.9 Å². The number of carboxylic acid groups (broad SMARTS) is 1. The van der Waals surface area contributed by atoms with Crippen molar-refractivity contribution in [3.63, 3.8) is 0 Å². The Kier molecular flexibility index (Phi) is 8.02. The van der Waals surface area contributed by atoms with Crippen molar-refractivity contribution in [2.24, 2.45) is 0 Å². The number of carboxylic acids is 1. The van der Waals surface area contributed by atoms with Crippen LogP contribution >= 0.6 is 0 Å². The first-order valence-corrected chi connectivity index (χ1v) is 9.96. The summed E-state index contributed by atoms with van der Waals surface area (Å²) in [6.45, 7) is 5.23. The van der Waals surface area contributed by atoms with Gasteiger partial charge in [0.05, 0.1) is 13.5 Å². The van der Waals surface area contributed by atoms with E-state index in [2.05, 4.69) is 17.6 Å². The van der Waals surface area contributed by atoms with Gasteiger partial charge in [0, 0.05) is 23.1 Å². The van der Waals surface area contributed by atoms with Crippen molar-refractivity contribution < 1.29 is 14.6 Å². The SMILES string of the molecule is CCCCCCCCCCn1c(C)c(CC(=O)O)c2cc(OC)ccc21. The molecule has 0 unspecified atom stereocenters. The Morgan fingerprint density at radius 1 is 1.08 bits per heavy atom. The molecule has 0 saturated carbocycles. The normalized spacial score (nSPS) is 11.2. The maximum absolute atomic E-state index is 11.3. The summed E-state index contributed by atoms with van der Waals surface area (Å²) in [4.78, 5) is 11.3. The van der Waals surface area contributed by atoms with E-state index < -0.39 is 5.97 Å². The molecule has 0 radical (unpaired) electrons. The van der Waals surface area contributed by atoms with Crippen LogP contribution in [-0.2, 0) is 17.8 Å². The lowest BCUT2D eigenvalue weighted by molar-refractivity contribution is -0.136. The topological polar surface area (TPSA) is 51.5 Å². The van der Waals surface area contributed by atoms with Gasteiger partial charge in [-0.15, -0.1) is 0 Å². The Bertz CT molecular complexity index is 718. The number of hydrogen-bond donors (Lipinski definition) is 1. The van der Waals surface area contributed by atoms with Gasteiger partial charge in [-0.05, 0) is 37.1 Å². The number of nitrogens with zero attached hydrogens (tertiary/aromatic N) is 1. The summed E-state index contributed by atoms with van der Waals surface area (Å²) in [5.74, 6) is -0.0181. The van der Waals surface area contributed by atoms with Gasteiger partial charge in [-0.2, -0.15) is 0 Å². The first-order chi connectivity index (χ1) is 12.6. The van der Waals surface area contributed by atoms with E-state index >= 15 is 0 Å². The largest absolute Gasteiger partial charge is 0.497 e. The molecule has 144 valence electrons. The second kappa shape index (κ2) is 10.2. The molecule has 0 aliphatic carbocycles. The smallest absolute Gasteiger partial charge is 0.307 e. The van der Waals surface area contributed by atoms with Crippen LogP contribution in [0.2, 0.25) is 0 Å². The molecular formula is C22H33NO3. The molecule has 0 spiro atoms. The summed E-state index contributed by atoms with van der Waals surface area (Å²) in [7, 11) is 1.64. The van der Waals surface area contributed by atoms with Crippen LogP contribution in [0.4, 0.5) is 0 Å². The molecule has 0 saturated heterocycles. The predicted octanol–water partition coefficient (Wildman–Crippen LogP) is 5.73. The highest BCUT2D eigenvalue weighted by atomic mass is 16.5. The van der Waals surface area contributed by atoms with Gasteiger partial charge in [-0.1, -0.05) is 51.9 Å². The van der Waals surface area contributed by atoms with Crippen molar-refractivity contribution in [2.45, 2.75) is 78.2 Å². The number of benzene rings is 1. The highest BCUT2D eigenvalue weighted by Gasteiger charge is 2.16. The molecule has 4 heteroatoms. The Labute approximate surface area is 157 Å². The maximum Gasteiger partial charge on any atom is 0.307 e. The lowest BCUT2D eigenvalue weighted by atomic mass is 10.1. The minimum atomic E-state index is -0.790. The number of ether oxygens (including phenoxy) is 1. The first-order valence-electron chi connectivity index (χ1n) is 9.96. The van der Waals surface area contributed by atoms with Crippen molar-refractivity contribution in [1.82, 2.24) is 4.57 Å². The van der Waals surface area contributed by atoms with Crippen molar-refractivity contribution in [2.75, 3.05) is 7.11 Å². The third-order valence-corrected chi connectivity index (χ3v) is 5.22. The molecule has 1 N–H and O–H groups in total. The molecule has 1 aromatic heterocycles. The molecule has 0 bridgehead atoms. The average molecular weight is 360 g/mol. The van der Waals surface area contributed by atoms with Crippen LogP contribution in [0.3, 0.4) is 0 Å². The van der Waals surface area contributed by atoms with Gasteiger partial charge in [-0.25, -0.2) is 0 Å². The number of aliphatic carboxylic acids is 1. The summed E-state index contributed by atoms with van der Waals surface area (Å²) in [5, 5.41) is 10.3. The van der Waals surface area contributed by atoms with Gasteiger partial charge >= 0.3 is 5.97 Å². The number of hydrogen-bond acceptors (Lipinski definition) is 2. The minimum absolute atomic E-state index is 0.0555. The lowest BCUT2D eigenvalue weighted by Gasteiger charge is -2.09. The number of rotatable bonds is 12. The molecule has 4 nitrogen and oxygen atoms in total. The third kappa shape index (κ3) is 5.26.